The van der Waals surface area contributed by atoms with Crippen LogP contribution in [-0.4, -0.2) is 18.8 Å². The first-order valence-corrected chi connectivity index (χ1v) is 6.31. The summed E-state index contributed by atoms with van der Waals surface area (Å²) in [7, 11) is 0. The molecule has 6 heteroatoms. The Morgan fingerprint density at radius 1 is 1.26 bits per heavy atom. The van der Waals surface area contributed by atoms with Crippen molar-refractivity contribution in [3.8, 4) is 12.1 Å². The van der Waals surface area contributed by atoms with Gasteiger partial charge in [-0.15, -0.1) is 0 Å². The lowest BCUT2D eigenvalue weighted by Crippen LogP contribution is -2.18. The zero-order valence-electron chi connectivity index (χ0n) is 10.2. The van der Waals surface area contributed by atoms with Crippen LogP contribution in [0.3, 0.4) is 0 Å². The average molecular weight is 274 g/mol. The molecule has 1 aromatic rings. The van der Waals surface area contributed by atoms with Crippen molar-refractivity contribution in [2.45, 2.75) is 12.8 Å². The number of rotatable bonds is 3. The van der Waals surface area contributed by atoms with Crippen molar-refractivity contribution in [1.29, 1.82) is 10.5 Å². The van der Waals surface area contributed by atoms with Crippen molar-refractivity contribution in [1.82, 2.24) is 0 Å². The second-order valence-electron chi connectivity index (χ2n) is 4.15. The van der Waals surface area contributed by atoms with Crippen LogP contribution in [0.2, 0.25) is 5.02 Å². The standard InChI is InChI=1S/C13H12ClN5/c14-10-3-4-13(19-5-1-2-6-19)12(7-10)18-17-11(8-15)9-16/h3-4,7,18H,1-2,5-6H2. The monoisotopic (exact) mass is 273 g/mol. The van der Waals surface area contributed by atoms with Gasteiger partial charge in [-0.05, 0) is 31.0 Å². The predicted octanol–water partition coefficient (Wildman–Crippen LogP) is 2.76. The minimum atomic E-state index is -0.215. The Morgan fingerprint density at radius 3 is 2.58 bits per heavy atom. The second-order valence-corrected chi connectivity index (χ2v) is 4.59. The Labute approximate surface area is 116 Å². The molecule has 0 radical (unpaired) electrons. The second kappa shape index (κ2) is 6.08. The van der Waals surface area contributed by atoms with Gasteiger partial charge in [-0.1, -0.05) is 11.6 Å². The van der Waals surface area contributed by atoms with Gasteiger partial charge in [-0.2, -0.15) is 15.6 Å². The smallest absolute Gasteiger partial charge is 0.237 e. The molecule has 0 amide bonds. The van der Waals surface area contributed by atoms with Gasteiger partial charge in [0.1, 0.15) is 12.1 Å². The molecule has 1 aromatic carbocycles. The fraction of sp³-hybridized carbons (Fsp3) is 0.308. The van der Waals surface area contributed by atoms with E-state index in [1.165, 1.54) is 0 Å². The summed E-state index contributed by atoms with van der Waals surface area (Å²) in [5, 5.41) is 21.7. The summed E-state index contributed by atoms with van der Waals surface area (Å²) in [6.45, 7) is 1.98. The average Bonchev–Trinajstić information content (AvgIpc) is 2.94. The van der Waals surface area contributed by atoms with E-state index in [1.807, 2.05) is 12.1 Å². The fourth-order valence-electron chi connectivity index (χ4n) is 2.02. The molecule has 2 rings (SSSR count). The minimum Gasteiger partial charge on any atom is -0.370 e. The highest BCUT2D eigenvalue weighted by molar-refractivity contribution is 6.31. The maximum atomic E-state index is 8.66. The Hall–Kier alpha value is -2.24. The summed E-state index contributed by atoms with van der Waals surface area (Å²) in [6, 6.07) is 8.89. The highest BCUT2D eigenvalue weighted by atomic mass is 35.5. The molecule has 96 valence electrons. The highest BCUT2D eigenvalue weighted by Crippen LogP contribution is 2.31. The molecule has 0 unspecified atom stereocenters. The molecule has 0 spiro atoms. The first-order valence-electron chi connectivity index (χ1n) is 5.93. The third-order valence-corrected chi connectivity index (χ3v) is 3.14. The molecule has 19 heavy (non-hydrogen) atoms. The van der Waals surface area contributed by atoms with Gasteiger partial charge in [-0.3, -0.25) is 5.43 Å². The summed E-state index contributed by atoms with van der Waals surface area (Å²) in [6.07, 6.45) is 2.32. The van der Waals surface area contributed by atoms with Crippen LogP contribution in [0.1, 0.15) is 12.8 Å². The van der Waals surface area contributed by atoms with Gasteiger partial charge < -0.3 is 4.90 Å². The van der Waals surface area contributed by atoms with Gasteiger partial charge in [0.15, 0.2) is 0 Å². The predicted molar refractivity (Wildman–Crippen MR) is 75.2 cm³/mol. The summed E-state index contributed by atoms with van der Waals surface area (Å²) in [5.74, 6) is 0. The molecule has 0 atom stereocenters. The third-order valence-electron chi connectivity index (χ3n) is 2.91. The van der Waals surface area contributed by atoms with E-state index in [-0.39, 0.29) is 5.71 Å². The molecule has 1 N–H and O–H groups in total. The lowest BCUT2D eigenvalue weighted by Gasteiger charge is -2.21. The largest absolute Gasteiger partial charge is 0.370 e. The number of anilines is 2. The van der Waals surface area contributed by atoms with Gasteiger partial charge in [0, 0.05) is 18.1 Å². The molecular weight excluding hydrogens is 262 g/mol. The van der Waals surface area contributed by atoms with Gasteiger partial charge in [0.25, 0.3) is 0 Å². The number of halogens is 1. The summed E-state index contributed by atoms with van der Waals surface area (Å²) in [4.78, 5) is 2.23. The van der Waals surface area contributed by atoms with Gasteiger partial charge in [0.2, 0.25) is 5.71 Å². The van der Waals surface area contributed by atoms with Gasteiger partial charge >= 0.3 is 0 Å². The molecule has 0 saturated carbocycles. The summed E-state index contributed by atoms with van der Waals surface area (Å²) >= 11 is 5.97. The van der Waals surface area contributed by atoms with E-state index in [9.17, 15) is 0 Å². The van der Waals surface area contributed by atoms with E-state index in [4.69, 9.17) is 22.1 Å². The maximum Gasteiger partial charge on any atom is 0.237 e. The fourth-order valence-corrected chi connectivity index (χ4v) is 2.19. The number of benzene rings is 1. The van der Waals surface area contributed by atoms with Gasteiger partial charge in [-0.25, -0.2) is 0 Å². The third kappa shape index (κ3) is 3.15. The number of nitrogens with zero attached hydrogens (tertiary/aromatic N) is 4. The van der Waals surface area contributed by atoms with Crippen molar-refractivity contribution < 1.29 is 0 Å². The number of nitriles is 2. The van der Waals surface area contributed by atoms with Crippen molar-refractivity contribution in [2.75, 3.05) is 23.4 Å². The van der Waals surface area contributed by atoms with E-state index in [0.29, 0.717) is 10.7 Å². The molecule has 0 aliphatic carbocycles. The van der Waals surface area contributed by atoms with E-state index >= 15 is 0 Å². The first-order chi connectivity index (χ1) is 9.24. The number of hydrazone groups is 1. The van der Waals surface area contributed by atoms with E-state index in [1.54, 1.807) is 18.2 Å². The first kappa shape index (κ1) is 13.2. The van der Waals surface area contributed by atoms with Crippen LogP contribution < -0.4 is 10.3 Å². The molecule has 1 heterocycles. The SMILES string of the molecule is N#CC(C#N)=NNc1cc(Cl)ccc1N1CCCC1. The van der Waals surface area contributed by atoms with Crippen LogP contribution in [0.5, 0.6) is 0 Å². The van der Waals surface area contributed by atoms with Crippen LogP contribution in [0.15, 0.2) is 23.3 Å². The zero-order chi connectivity index (χ0) is 13.7. The lowest BCUT2D eigenvalue weighted by atomic mass is 10.2. The molecule has 1 fully saturated rings. The molecule has 1 aliphatic rings. The van der Waals surface area contributed by atoms with Crippen LogP contribution in [0.25, 0.3) is 0 Å². The summed E-state index contributed by atoms with van der Waals surface area (Å²) in [5.41, 5.74) is 4.23. The Morgan fingerprint density at radius 2 is 1.95 bits per heavy atom. The highest BCUT2D eigenvalue weighted by Gasteiger charge is 2.16. The Balaban J connectivity index is 2.28. The Kier molecular flexibility index (Phi) is 4.22. The molecule has 1 aliphatic heterocycles. The van der Waals surface area contributed by atoms with E-state index < -0.39 is 0 Å². The van der Waals surface area contributed by atoms with E-state index in [2.05, 4.69) is 15.4 Å². The molecule has 0 bridgehead atoms. The molecular formula is C13H12ClN5. The number of hydrogen-bond acceptors (Lipinski definition) is 5. The van der Waals surface area contributed by atoms with Crippen LogP contribution in [0.4, 0.5) is 11.4 Å². The lowest BCUT2D eigenvalue weighted by molar-refractivity contribution is 0.949. The van der Waals surface area contributed by atoms with Crippen molar-refractivity contribution >= 4 is 28.7 Å². The summed E-state index contributed by atoms with van der Waals surface area (Å²) < 4.78 is 0. The normalized spacial score (nSPS) is 13.5. The number of hydrogen-bond donors (Lipinski definition) is 1. The van der Waals surface area contributed by atoms with Crippen molar-refractivity contribution in [3.63, 3.8) is 0 Å². The topological polar surface area (TPSA) is 75.2 Å². The quantitative estimate of drug-likeness (QED) is 0.679. The zero-order valence-corrected chi connectivity index (χ0v) is 11.0. The minimum absolute atomic E-state index is 0.215. The molecule has 5 nitrogen and oxygen atoms in total. The molecule has 0 aromatic heterocycles. The van der Waals surface area contributed by atoms with Crippen LogP contribution in [0, 0.1) is 22.7 Å². The Bertz CT molecular complexity index is 560. The van der Waals surface area contributed by atoms with Crippen LogP contribution >= 0.6 is 11.6 Å². The number of nitrogens with one attached hydrogen (secondary N) is 1. The molecule has 1 saturated heterocycles. The van der Waals surface area contributed by atoms with Crippen molar-refractivity contribution in [2.24, 2.45) is 5.10 Å². The van der Waals surface area contributed by atoms with Crippen LogP contribution in [-0.2, 0) is 0 Å². The van der Waals surface area contributed by atoms with E-state index in [0.717, 1.165) is 31.6 Å². The maximum absolute atomic E-state index is 8.66. The van der Waals surface area contributed by atoms with Gasteiger partial charge in [0.05, 0.1) is 11.4 Å². The van der Waals surface area contributed by atoms with Crippen molar-refractivity contribution in [3.05, 3.63) is 23.2 Å².